The highest BCUT2D eigenvalue weighted by Crippen LogP contribution is 2.32. The van der Waals surface area contributed by atoms with Gasteiger partial charge in [-0.2, -0.15) is 0 Å². The lowest BCUT2D eigenvalue weighted by molar-refractivity contribution is -0.127. The molecule has 2 aromatic rings. The van der Waals surface area contributed by atoms with E-state index < -0.39 is 17.1 Å². The molecule has 0 bridgehead atoms. The van der Waals surface area contributed by atoms with E-state index in [1.807, 2.05) is 24.3 Å². The number of allylic oxidation sites excluding steroid dienone is 1. The molecule has 0 unspecified atom stereocenters. The molecule has 1 saturated heterocycles. The number of imide groups is 1. The zero-order valence-electron chi connectivity index (χ0n) is 14.6. The van der Waals surface area contributed by atoms with E-state index in [4.69, 9.17) is 11.6 Å². The van der Waals surface area contributed by atoms with Crippen LogP contribution in [0.1, 0.15) is 24.3 Å². The molecule has 0 saturated carbocycles. The van der Waals surface area contributed by atoms with Crippen LogP contribution >= 0.6 is 34.7 Å². The number of hydrogen-bond acceptors (Lipinski definition) is 6. The summed E-state index contributed by atoms with van der Waals surface area (Å²) in [6.45, 7) is 3.18. The van der Waals surface area contributed by atoms with Gasteiger partial charge in [-0.15, -0.1) is 11.3 Å². The van der Waals surface area contributed by atoms with Crippen LogP contribution in [0.3, 0.4) is 0 Å². The maximum Gasteiger partial charge on any atom is 0.294 e. The van der Waals surface area contributed by atoms with Gasteiger partial charge < -0.3 is 5.32 Å². The number of halogens is 1. The van der Waals surface area contributed by atoms with Crippen molar-refractivity contribution < 1.29 is 14.4 Å². The Hall–Kier alpha value is -2.16. The Kier molecular flexibility index (Phi) is 5.98. The Labute approximate surface area is 169 Å². The highest BCUT2D eigenvalue weighted by molar-refractivity contribution is 8.18. The predicted molar refractivity (Wildman–Crippen MR) is 108 cm³/mol. The average Bonchev–Trinajstić information content (AvgIpc) is 3.16. The number of thiazole rings is 1. The summed E-state index contributed by atoms with van der Waals surface area (Å²) in [5, 5.41) is 3.29. The summed E-state index contributed by atoms with van der Waals surface area (Å²) in [6.07, 6.45) is 2.28. The van der Waals surface area contributed by atoms with Crippen LogP contribution in [0.25, 0.3) is 0 Å². The summed E-state index contributed by atoms with van der Waals surface area (Å²) in [6, 6.07) is 7.53. The molecule has 0 aliphatic carbocycles. The number of amides is 3. The Bertz CT molecular complexity index is 951. The normalized spacial score (nSPS) is 14.0. The molecule has 140 valence electrons. The van der Waals surface area contributed by atoms with Crippen LogP contribution < -0.4 is 5.32 Å². The highest BCUT2D eigenvalue weighted by atomic mass is 35.5. The first-order valence-electron chi connectivity index (χ1n) is 8.04. The van der Waals surface area contributed by atoms with E-state index in [0.29, 0.717) is 21.5 Å². The quantitative estimate of drug-likeness (QED) is 0.727. The van der Waals surface area contributed by atoms with Crippen LogP contribution in [0.2, 0.25) is 5.02 Å². The van der Waals surface area contributed by atoms with Crippen molar-refractivity contribution in [2.45, 2.75) is 20.3 Å². The third-order valence-electron chi connectivity index (χ3n) is 3.73. The zero-order valence-corrected chi connectivity index (χ0v) is 17.0. The first kappa shape index (κ1) is 19.6. The lowest BCUT2D eigenvalue weighted by Gasteiger charge is -2.11. The molecular formula is C18H16ClN3O3S2. The van der Waals surface area contributed by atoms with Crippen molar-refractivity contribution in [3.8, 4) is 0 Å². The summed E-state index contributed by atoms with van der Waals surface area (Å²) in [5.41, 5.74) is 1.73. The van der Waals surface area contributed by atoms with E-state index in [9.17, 15) is 14.4 Å². The maximum absolute atomic E-state index is 12.2. The van der Waals surface area contributed by atoms with E-state index in [2.05, 4.69) is 10.3 Å². The summed E-state index contributed by atoms with van der Waals surface area (Å²) in [7, 11) is 0. The van der Waals surface area contributed by atoms with Crippen LogP contribution in [-0.4, -0.2) is 33.5 Å². The number of benzene rings is 1. The molecule has 0 atom stereocenters. The Balaban J connectivity index is 1.62. The fourth-order valence-electron chi connectivity index (χ4n) is 2.42. The molecule has 1 aliphatic rings. The van der Waals surface area contributed by atoms with Crippen molar-refractivity contribution in [3.63, 3.8) is 0 Å². The van der Waals surface area contributed by atoms with Crippen LogP contribution in [0.5, 0.6) is 0 Å². The SMILES string of the molecule is CC(C)=C1SC(=O)N(CC(=O)Nc2ncc(Cc3ccccc3Cl)s2)C1=O. The standard InChI is InChI=1S/C18H16ClN3O3S2/c1-10(2)15-16(24)22(18(25)27-15)9-14(23)21-17-20-8-12(26-17)7-11-5-3-4-6-13(11)19/h3-6,8H,7,9H2,1-2H3,(H,20,21,23). The van der Waals surface area contributed by atoms with Gasteiger partial charge in [-0.05, 0) is 37.2 Å². The number of nitrogens with one attached hydrogen (secondary N) is 1. The van der Waals surface area contributed by atoms with Gasteiger partial charge in [0.25, 0.3) is 11.1 Å². The monoisotopic (exact) mass is 421 g/mol. The van der Waals surface area contributed by atoms with Gasteiger partial charge >= 0.3 is 0 Å². The minimum Gasteiger partial charge on any atom is -0.300 e. The minimum absolute atomic E-state index is 0.332. The van der Waals surface area contributed by atoms with Gasteiger partial charge in [0.1, 0.15) is 6.54 Å². The summed E-state index contributed by atoms with van der Waals surface area (Å²) in [5.74, 6) is -0.898. The van der Waals surface area contributed by atoms with Gasteiger partial charge in [0.15, 0.2) is 5.13 Å². The number of carbonyl (C=O) groups excluding carboxylic acids is 3. The van der Waals surface area contributed by atoms with Crippen LogP contribution in [0.4, 0.5) is 9.93 Å². The van der Waals surface area contributed by atoms with Gasteiger partial charge in [0, 0.05) is 22.5 Å². The molecule has 27 heavy (non-hydrogen) atoms. The van der Waals surface area contributed by atoms with E-state index >= 15 is 0 Å². The number of thioether (sulfide) groups is 1. The number of hydrogen-bond donors (Lipinski definition) is 1. The third-order valence-corrected chi connectivity index (χ3v) is 6.19. The Morgan fingerprint density at radius 3 is 2.67 bits per heavy atom. The molecule has 6 nitrogen and oxygen atoms in total. The molecule has 0 radical (unpaired) electrons. The lowest BCUT2D eigenvalue weighted by Crippen LogP contribution is -2.36. The van der Waals surface area contributed by atoms with Gasteiger partial charge in [-0.1, -0.05) is 35.4 Å². The van der Waals surface area contributed by atoms with Crippen molar-refractivity contribution in [1.82, 2.24) is 9.88 Å². The minimum atomic E-state index is -0.467. The Morgan fingerprint density at radius 1 is 1.26 bits per heavy atom. The zero-order chi connectivity index (χ0) is 19.6. The van der Waals surface area contributed by atoms with E-state index in [1.54, 1.807) is 20.0 Å². The molecule has 2 heterocycles. The Morgan fingerprint density at radius 2 is 2.00 bits per heavy atom. The molecule has 0 spiro atoms. The number of anilines is 1. The lowest BCUT2D eigenvalue weighted by atomic mass is 10.1. The van der Waals surface area contributed by atoms with Crippen molar-refractivity contribution >= 4 is 56.9 Å². The fraction of sp³-hybridized carbons (Fsp3) is 0.222. The fourth-order valence-corrected chi connectivity index (χ4v) is 4.31. The van der Waals surface area contributed by atoms with Crippen molar-refractivity contribution in [1.29, 1.82) is 0 Å². The van der Waals surface area contributed by atoms with Crippen LogP contribution in [-0.2, 0) is 16.0 Å². The van der Waals surface area contributed by atoms with Crippen molar-refractivity contribution in [2.75, 3.05) is 11.9 Å². The molecule has 1 aliphatic heterocycles. The molecule has 1 N–H and O–H groups in total. The largest absolute Gasteiger partial charge is 0.300 e. The van der Waals surface area contributed by atoms with Crippen LogP contribution in [0, 0.1) is 0 Å². The summed E-state index contributed by atoms with van der Waals surface area (Å²) in [4.78, 5) is 42.8. The van der Waals surface area contributed by atoms with E-state index in [0.717, 1.165) is 32.7 Å². The number of nitrogens with zero attached hydrogens (tertiary/aromatic N) is 2. The second kappa shape index (κ2) is 8.24. The predicted octanol–water partition coefficient (Wildman–Crippen LogP) is 4.32. The molecule has 1 aromatic heterocycles. The molecule has 1 aromatic carbocycles. The van der Waals surface area contributed by atoms with Crippen molar-refractivity contribution in [3.05, 3.63) is 56.4 Å². The summed E-state index contributed by atoms with van der Waals surface area (Å²) < 4.78 is 0. The smallest absolute Gasteiger partial charge is 0.294 e. The molecule has 3 amide bonds. The second-order valence-corrected chi connectivity index (χ2v) is 8.52. The molecule has 1 fully saturated rings. The number of rotatable bonds is 5. The van der Waals surface area contributed by atoms with Gasteiger partial charge in [0.05, 0.1) is 4.91 Å². The van der Waals surface area contributed by atoms with Crippen molar-refractivity contribution in [2.24, 2.45) is 0 Å². The summed E-state index contributed by atoms with van der Waals surface area (Å²) >= 11 is 8.34. The third kappa shape index (κ3) is 4.58. The van der Waals surface area contributed by atoms with Gasteiger partial charge in [-0.25, -0.2) is 4.98 Å². The van der Waals surface area contributed by atoms with E-state index in [-0.39, 0.29) is 6.54 Å². The first-order valence-corrected chi connectivity index (χ1v) is 10.1. The van der Waals surface area contributed by atoms with Crippen LogP contribution in [0.15, 0.2) is 40.9 Å². The topological polar surface area (TPSA) is 79.4 Å². The molecular weight excluding hydrogens is 406 g/mol. The van der Waals surface area contributed by atoms with E-state index in [1.165, 1.54) is 11.3 Å². The van der Waals surface area contributed by atoms with Gasteiger partial charge in [0.2, 0.25) is 5.91 Å². The molecule has 3 rings (SSSR count). The second-order valence-electron chi connectivity index (χ2n) is 6.04. The van der Waals surface area contributed by atoms with Gasteiger partial charge in [-0.3, -0.25) is 19.3 Å². The first-order chi connectivity index (χ1) is 12.8. The highest BCUT2D eigenvalue weighted by Gasteiger charge is 2.36. The average molecular weight is 422 g/mol. The number of carbonyl (C=O) groups is 3. The molecule has 9 heteroatoms. The maximum atomic E-state index is 12.2. The number of aromatic nitrogens is 1.